The van der Waals surface area contributed by atoms with Gasteiger partial charge < -0.3 is 9.80 Å². The summed E-state index contributed by atoms with van der Waals surface area (Å²) in [6, 6.07) is 0. The van der Waals surface area contributed by atoms with E-state index in [1.54, 1.807) is 0 Å². The molecule has 0 bridgehead atoms. The minimum atomic E-state index is 0.625. The van der Waals surface area contributed by atoms with Gasteiger partial charge >= 0.3 is 0 Å². The highest BCUT2D eigenvalue weighted by atomic mass is 15.1. The Morgan fingerprint density at radius 1 is 0.531 bits per heavy atom. The highest BCUT2D eigenvalue weighted by Crippen LogP contribution is 2.28. The van der Waals surface area contributed by atoms with Gasteiger partial charge in [-0.05, 0) is 62.1 Å². The first-order chi connectivity index (χ1) is 15.0. The Morgan fingerprint density at radius 2 is 0.875 bits per heavy atom. The summed E-state index contributed by atoms with van der Waals surface area (Å²) >= 11 is 0. The highest BCUT2D eigenvalue weighted by molar-refractivity contribution is 4.67. The van der Waals surface area contributed by atoms with Crippen molar-refractivity contribution in [1.29, 1.82) is 0 Å². The fourth-order valence-electron chi connectivity index (χ4n) is 3.86. The molecule has 1 unspecified atom stereocenters. The maximum atomic E-state index is 2.63. The van der Waals surface area contributed by atoms with E-state index in [1.807, 2.05) is 0 Å². The van der Waals surface area contributed by atoms with Crippen molar-refractivity contribution in [3.8, 4) is 0 Å². The molecule has 0 heterocycles. The third kappa shape index (κ3) is 24.6. The van der Waals surface area contributed by atoms with Crippen LogP contribution < -0.4 is 0 Å². The van der Waals surface area contributed by atoms with E-state index in [2.05, 4.69) is 99.8 Å². The summed E-state index contributed by atoms with van der Waals surface area (Å²) in [6.07, 6.45) is 9.13. The molecule has 0 aliphatic heterocycles. The largest absolute Gasteiger partial charge is 0.303 e. The van der Waals surface area contributed by atoms with Gasteiger partial charge in [0.05, 0.1) is 0 Å². The van der Waals surface area contributed by atoms with Gasteiger partial charge in [-0.2, -0.15) is 0 Å². The summed E-state index contributed by atoms with van der Waals surface area (Å²) in [5.74, 6) is 2.42. The maximum Gasteiger partial charge on any atom is 0.000714 e. The van der Waals surface area contributed by atoms with Crippen molar-refractivity contribution in [2.75, 3.05) is 39.3 Å². The zero-order valence-corrected chi connectivity index (χ0v) is 25.3. The van der Waals surface area contributed by atoms with Crippen molar-refractivity contribution in [3.63, 3.8) is 0 Å². The van der Waals surface area contributed by atoms with Crippen LogP contribution in [-0.2, 0) is 0 Å². The van der Waals surface area contributed by atoms with E-state index < -0.39 is 0 Å². The van der Waals surface area contributed by atoms with Gasteiger partial charge in [-0.3, -0.25) is 0 Å². The van der Waals surface area contributed by atoms with Gasteiger partial charge in [0.2, 0.25) is 0 Å². The van der Waals surface area contributed by atoms with Crippen molar-refractivity contribution < 1.29 is 0 Å². The molecule has 1 atom stereocenters. The lowest BCUT2D eigenvalue weighted by Gasteiger charge is -2.28. The van der Waals surface area contributed by atoms with Crippen LogP contribution in [0.2, 0.25) is 0 Å². The molecule has 0 saturated carbocycles. The van der Waals surface area contributed by atoms with Crippen LogP contribution in [0.5, 0.6) is 0 Å². The first-order valence-corrected chi connectivity index (χ1v) is 14.4. The summed E-state index contributed by atoms with van der Waals surface area (Å²) in [4.78, 5) is 5.17. The minimum Gasteiger partial charge on any atom is -0.303 e. The fraction of sp³-hybridized carbons (Fsp3) is 1.00. The lowest BCUT2D eigenvalue weighted by atomic mass is 9.82. The maximum absolute atomic E-state index is 2.63. The van der Waals surface area contributed by atoms with E-state index in [4.69, 9.17) is 0 Å². The molecule has 0 radical (unpaired) electrons. The van der Waals surface area contributed by atoms with Crippen LogP contribution in [0.4, 0.5) is 0 Å². The van der Waals surface area contributed by atoms with Gasteiger partial charge in [0, 0.05) is 19.6 Å². The van der Waals surface area contributed by atoms with E-state index in [0.29, 0.717) is 5.41 Å². The molecule has 0 aromatic carbocycles. The Labute approximate surface area is 207 Å². The van der Waals surface area contributed by atoms with Gasteiger partial charge in [0.25, 0.3) is 0 Å². The van der Waals surface area contributed by atoms with Crippen molar-refractivity contribution in [1.82, 2.24) is 9.80 Å². The number of rotatable bonds is 16. The molecule has 0 aromatic heterocycles. The lowest BCUT2D eigenvalue weighted by molar-refractivity contribution is 0.191. The van der Waals surface area contributed by atoms with Gasteiger partial charge in [-0.25, -0.2) is 0 Å². The number of nitrogens with zero attached hydrogens (tertiary/aromatic N) is 2. The van der Waals surface area contributed by atoms with Crippen LogP contribution in [-0.4, -0.2) is 49.1 Å². The second-order valence-electron chi connectivity index (χ2n) is 11.2. The Kier molecular flexibility index (Phi) is 27.4. The molecule has 0 amide bonds. The molecule has 0 N–H and O–H groups in total. The number of hydrogen-bond acceptors (Lipinski definition) is 2. The van der Waals surface area contributed by atoms with E-state index in [9.17, 15) is 0 Å². The Bertz CT molecular complexity index is 314. The summed E-state index contributed by atoms with van der Waals surface area (Å²) in [5.41, 5.74) is 0.625. The van der Waals surface area contributed by atoms with Gasteiger partial charge in [-0.1, -0.05) is 116 Å². The molecule has 198 valence electrons. The molecular weight excluding hydrogens is 388 g/mol. The Hall–Kier alpha value is -0.0800. The molecule has 2 nitrogen and oxygen atoms in total. The number of hydrogen-bond donors (Lipinski definition) is 0. The normalized spacial score (nSPS) is 12.7. The van der Waals surface area contributed by atoms with Gasteiger partial charge in [-0.15, -0.1) is 0 Å². The molecule has 0 aliphatic carbocycles. The zero-order valence-electron chi connectivity index (χ0n) is 25.3. The van der Waals surface area contributed by atoms with Gasteiger partial charge in [0.15, 0.2) is 0 Å². The molecule has 0 fully saturated rings. The highest BCUT2D eigenvalue weighted by Gasteiger charge is 2.15. The third-order valence-electron chi connectivity index (χ3n) is 6.69. The Balaban J connectivity index is -0.000000413. The van der Waals surface area contributed by atoms with E-state index >= 15 is 0 Å². The first kappa shape index (κ1) is 36.5. The average Bonchev–Trinajstić information content (AvgIpc) is 2.73. The standard InChI is InChI=1S/C13H29N.C9H21N.C8H18/c1-7-13(6)10-14(8-11(2)3)9-12(4)5;1-4-7-10(8-5-2)9-6-3;1-5-8(4,6-2)7-3/h11-13H,7-10H2,1-6H3;4-9H2,1-3H3;5-7H2,1-4H3. The molecule has 0 saturated heterocycles. The summed E-state index contributed by atoms with van der Waals surface area (Å²) in [7, 11) is 0. The minimum absolute atomic E-state index is 0.625. The second-order valence-corrected chi connectivity index (χ2v) is 11.2. The SMILES string of the molecule is CCC(C)(CC)CC.CCC(C)CN(CC(C)C)CC(C)C.CCCN(CCC)CCC. The van der Waals surface area contributed by atoms with Crippen LogP contribution in [0.25, 0.3) is 0 Å². The van der Waals surface area contributed by atoms with Crippen molar-refractivity contribution in [2.24, 2.45) is 23.2 Å². The van der Waals surface area contributed by atoms with Crippen molar-refractivity contribution in [3.05, 3.63) is 0 Å². The van der Waals surface area contributed by atoms with Crippen molar-refractivity contribution >= 4 is 0 Å². The third-order valence-corrected chi connectivity index (χ3v) is 6.69. The van der Waals surface area contributed by atoms with Gasteiger partial charge in [0.1, 0.15) is 0 Å². The molecule has 2 heteroatoms. The van der Waals surface area contributed by atoms with E-state index in [1.165, 1.54) is 84.2 Å². The molecule has 0 aliphatic rings. The Morgan fingerprint density at radius 3 is 1.06 bits per heavy atom. The van der Waals surface area contributed by atoms with E-state index in [-0.39, 0.29) is 0 Å². The molecule has 0 rings (SSSR count). The predicted molar refractivity (Wildman–Crippen MR) is 152 cm³/mol. The zero-order chi connectivity index (χ0) is 25.6. The quantitative estimate of drug-likeness (QED) is 0.228. The van der Waals surface area contributed by atoms with Crippen LogP contribution in [0.3, 0.4) is 0 Å². The topological polar surface area (TPSA) is 6.48 Å². The van der Waals surface area contributed by atoms with Crippen LogP contribution in [0, 0.1) is 23.2 Å². The van der Waals surface area contributed by atoms with Crippen molar-refractivity contribution in [2.45, 2.75) is 135 Å². The second kappa shape index (κ2) is 24.1. The molecule has 0 spiro atoms. The molecular formula is C30H68N2. The smallest absolute Gasteiger partial charge is 0.000714 e. The predicted octanol–water partition coefficient (Wildman–Crippen LogP) is 9.39. The summed E-state index contributed by atoms with van der Waals surface area (Å²) < 4.78 is 0. The van der Waals surface area contributed by atoms with E-state index in [0.717, 1.165) is 17.8 Å². The van der Waals surface area contributed by atoms with Crippen LogP contribution >= 0.6 is 0 Å². The molecule has 0 aromatic rings. The average molecular weight is 457 g/mol. The first-order valence-electron chi connectivity index (χ1n) is 14.4. The summed E-state index contributed by atoms with van der Waals surface area (Å²) in [5, 5.41) is 0. The summed E-state index contributed by atoms with van der Waals surface area (Å²) in [6.45, 7) is 37.4. The molecule has 32 heavy (non-hydrogen) atoms. The monoisotopic (exact) mass is 457 g/mol. The fourth-order valence-corrected chi connectivity index (χ4v) is 3.86. The van der Waals surface area contributed by atoms with Crippen LogP contribution in [0.15, 0.2) is 0 Å². The van der Waals surface area contributed by atoms with Crippen LogP contribution in [0.1, 0.15) is 135 Å². The lowest BCUT2D eigenvalue weighted by Crippen LogP contribution is -2.34.